The fourth-order valence-corrected chi connectivity index (χ4v) is 0. The summed E-state index contributed by atoms with van der Waals surface area (Å²) in [6.07, 6.45) is 2.72. The Morgan fingerprint density at radius 2 is 1.57 bits per heavy atom. The predicted molar refractivity (Wildman–Crippen MR) is 20.3 cm³/mol. The van der Waals surface area contributed by atoms with Crippen molar-refractivity contribution in [1.29, 1.82) is 0 Å². The van der Waals surface area contributed by atoms with Gasteiger partial charge in [0.2, 0.25) is 0 Å². The monoisotopic (exact) mass is 606 g/mol. The maximum atomic E-state index is 2.76. The number of rotatable bonds is 0. The van der Waals surface area contributed by atoms with Crippen molar-refractivity contribution in [2.75, 3.05) is 0 Å². The van der Waals surface area contributed by atoms with Crippen molar-refractivity contribution in [3.05, 3.63) is 13.5 Å². The average Bonchev–Trinajstić information content (AvgIpc) is 1.37. The Bertz CT molecular complexity index is 44.9. The average molecular weight is 606 g/mol. The first-order chi connectivity index (χ1) is 1.91. The molecule has 0 heterocycles. The van der Waals surface area contributed by atoms with Crippen LogP contribution in [-0.2, 0) is 61.5 Å². The van der Waals surface area contributed by atoms with E-state index in [1.54, 1.807) is 0 Å². The quantitative estimate of drug-likeness (QED) is 0.358. The van der Waals surface area contributed by atoms with E-state index < -0.39 is 0 Å². The number of hydrogen-bond acceptors (Lipinski definition) is 0. The SMILES string of the molecule is C[C-]=[C]=[W].[CH3-].[W].[W]. The second kappa shape index (κ2) is 25.2. The van der Waals surface area contributed by atoms with Crippen molar-refractivity contribution in [3.63, 3.8) is 0 Å². The van der Waals surface area contributed by atoms with Gasteiger partial charge in [-0.3, -0.25) is 0 Å². The molecule has 0 N–H and O–H groups in total. The van der Waals surface area contributed by atoms with Gasteiger partial charge in [-0.1, -0.05) is 0 Å². The molecular weight excluding hydrogens is 600 g/mol. The van der Waals surface area contributed by atoms with Crippen molar-refractivity contribution >= 4 is 4.06 Å². The van der Waals surface area contributed by atoms with Crippen LogP contribution in [-0.4, -0.2) is 4.06 Å². The summed E-state index contributed by atoms with van der Waals surface area (Å²) in [5, 5.41) is 0. The molecule has 0 amide bonds. The van der Waals surface area contributed by atoms with Crippen LogP contribution in [0.25, 0.3) is 0 Å². The number of hydrogen-bond donors (Lipinski definition) is 0. The Hall–Kier alpha value is 1.71. The minimum Gasteiger partial charge on any atom is -0.358 e. The van der Waals surface area contributed by atoms with Gasteiger partial charge in [0, 0.05) is 42.1 Å². The van der Waals surface area contributed by atoms with Gasteiger partial charge in [-0.2, -0.15) is 0 Å². The van der Waals surface area contributed by atoms with E-state index in [9.17, 15) is 0 Å². The second-order valence-corrected chi connectivity index (χ2v) is 1.09. The molecule has 0 bridgehead atoms. The predicted octanol–water partition coefficient (Wildman–Crippen LogP) is 0.759. The molecule has 0 fully saturated rings. The summed E-state index contributed by atoms with van der Waals surface area (Å²) >= 11 is 1.34. The fraction of sp³-hybridized carbons (Fsp3) is 0.250. The van der Waals surface area contributed by atoms with Crippen LogP contribution in [0.1, 0.15) is 6.92 Å². The third-order valence-electron chi connectivity index (χ3n) is 0.102. The Kier molecular flexibility index (Phi) is 84.0. The molecule has 0 rings (SSSR count). The van der Waals surface area contributed by atoms with E-state index in [1.807, 2.05) is 6.92 Å². The molecule has 3 heteroatoms. The van der Waals surface area contributed by atoms with Crippen LogP contribution in [0.3, 0.4) is 0 Å². The largest absolute Gasteiger partial charge is 0.358 e. The van der Waals surface area contributed by atoms with Crippen molar-refractivity contribution < 1.29 is 61.5 Å². The van der Waals surface area contributed by atoms with E-state index in [1.165, 1.54) is 19.4 Å². The van der Waals surface area contributed by atoms with Gasteiger partial charge in [0.15, 0.2) is 0 Å². The molecule has 0 aliphatic rings. The summed E-state index contributed by atoms with van der Waals surface area (Å²) in [6, 6.07) is 0. The maximum absolute atomic E-state index is 2.76. The Morgan fingerprint density at radius 1 is 1.43 bits per heavy atom. The molecule has 0 nitrogen and oxygen atoms in total. The van der Waals surface area contributed by atoms with Gasteiger partial charge in [-0.15, -0.1) is 0 Å². The van der Waals surface area contributed by atoms with E-state index in [4.69, 9.17) is 0 Å². The van der Waals surface area contributed by atoms with Crippen LogP contribution < -0.4 is 0 Å². The zero-order valence-electron chi connectivity index (χ0n) is 4.22. The zero-order chi connectivity index (χ0) is 3.41. The molecule has 7 heavy (non-hydrogen) atoms. The molecule has 0 atom stereocenters. The van der Waals surface area contributed by atoms with E-state index in [0.29, 0.717) is 0 Å². The van der Waals surface area contributed by atoms with Gasteiger partial charge in [-0.05, 0) is 0 Å². The Balaban J connectivity index is -0.0000000150. The summed E-state index contributed by atoms with van der Waals surface area (Å²) in [5.74, 6) is 0. The first-order valence-electron chi connectivity index (χ1n) is 0.954. The molecule has 0 unspecified atom stereocenters. The number of allylic oxidation sites excluding steroid dienone is 1. The molecule has 0 aromatic rings. The minimum absolute atomic E-state index is 0. The van der Waals surface area contributed by atoms with Crippen LogP contribution in [0, 0.1) is 13.5 Å². The van der Waals surface area contributed by atoms with Gasteiger partial charge in [-0.25, -0.2) is 0 Å². The molecule has 0 aliphatic carbocycles. The van der Waals surface area contributed by atoms with E-state index in [0.717, 1.165) is 0 Å². The van der Waals surface area contributed by atoms with E-state index in [2.05, 4.69) is 10.1 Å². The van der Waals surface area contributed by atoms with Gasteiger partial charge in [0.25, 0.3) is 0 Å². The van der Waals surface area contributed by atoms with Gasteiger partial charge >= 0.3 is 36.4 Å². The minimum atomic E-state index is 0. The summed E-state index contributed by atoms with van der Waals surface area (Å²) in [7, 11) is 0. The van der Waals surface area contributed by atoms with Gasteiger partial charge in [0.05, 0.1) is 0 Å². The maximum Gasteiger partial charge on any atom is 0 e. The molecule has 0 saturated carbocycles. The summed E-state index contributed by atoms with van der Waals surface area (Å²) in [4.78, 5) is 0. The topological polar surface area (TPSA) is 0 Å². The molecule has 42 valence electrons. The molecule has 0 aromatic carbocycles. The smallest absolute Gasteiger partial charge is 0 e. The summed E-state index contributed by atoms with van der Waals surface area (Å²) in [5.41, 5.74) is 0. The van der Waals surface area contributed by atoms with Crippen LogP contribution >= 0.6 is 0 Å². The fourth-order valence-electron chi connectivity index (χ4n) is 0. The third-order valence-corrected chi connectivity index (χ3v) is 0.835. The molecule has 0 aliphatic heterocycles. The van der Waals surface area contributed by atoms with Crippen molar-refractivity contribution in [2.24, 2.45) is 0 Å². The van der Waals surface area contributed by atoms with Gasteiger partial charge in [0.1, 0.15) is 0 Å². The molecule has 0 radical (unpaired) electrons. The second-order valence-electron chi connectivity index (χ2n) is 0.352. The third kappa shape index (κ3) is 34.2. The first kappa shape index (κ1) is 23.3. The van der Waals surface area contributed by atoms with E-state index >= 15 is 0 Å². The van der Waals surface area contributed by atoms with Crippen molar-refractivity contribution in [1.82, 2.24) is 0 Å². The van der Waals surface area contributed by atoms with Crippen molar-refractivity contribution in [3.8, 4) is 0 Å². The molecule has 0 spiro atoms. The van der Waals surface area contributed by atoms with Crippen LogP contribution in [0.5, 0.6) is 0 Å². The molecule has 0 saturated heterocycles. The molecular formula is C4H6W3-2. The van der Waals surface area contributed by atoms with Crippen molar-refractivity contribution in [2.45, 2.75) is 6.92 Å². The Morgan fingerprint density at radius 3 is 1.57 bits per heavy atom. The zero-order valence-corrected chi connectivity index (χ0v) is 13.0. The first-order valence-corrected chi connectivity index (χ1v) is 2.42. The molecule has 0 aromatic heterocycles. The Labute approximate surface area is 85.1 Å². The van der Waals surface area contributed by atoms with Crippen LogP contribution in [0.2, 0.25) is 0 Å². The normalized spacial score (nSPS) is 2.43. The summed E-state index contributed by atoms with van der Waals surface area (Å²) < 4.78 is 2.76. The summed E-state index contributed by atoms with van der Waals surface area (Å²) in [6.45, 7) is 1.84. The standard InChI is InChI=1S/C3H3.CH3.3W/c1-3-2;;;;/h1H3;1H3;;;/q2*-1;;;. The van der Waals surface area contributed by atoms with E-state index in [-0.39, 0.29) is 49.6 Å². The van der Waals surface area contributed by atoms with Crippen LogP contribution in [0.4, 0.5) is 0 Å². The van der Waals surface area contributed by atoms with Gasteiger partial charge < -0.3 is 7.43 Å². The van der Waals surface area contributed by atoms with Crippen LogP contribution in [0.15, 0.2) is 0 Å².